The molecular formula is InN2OZn. The van der Waals surface area contributed by atoms with Gasteiger partial charge in [0.1, 0.15) is 0 Å². The molecule has 0 fully saturated rings. The zero-order chi connectivity index (χ0) is 2.12. The van der Waals surface area contributed by atoms with Crippen LogP contribution in [0.2, 0.25) is 0 Å². The van der Waals surface area contributed by atoms with Crippen LogP contribution in [0.5, 0.6) is 0 Å². The minimum Gasteiger partial charge on any atom is -0.198 e. The molecule has 21 valence electrons. The Morgan fingerprint density at radius 2 is 1.40 bits per heavy atom. The maximum Gasteiger partial charge on any atom is 0.0989 e. The topological polar surface area (TPSA) is 37.2 Å². The van der Waals surface area contributed by atoms with Gasteiger partial charge in [-0.25, -0.2) is 0 Å². The molecule has 0 amide bonds. The number of nitrogens with zero attached hydrogens (tertiary/aromatic N) is 2. The van der Waals surface area contributed by atoms with Crippen molar-refractivity contribution < 1.29 is 24.4 Å². The summed E-state index contributed by atoms with van der Waals surface area (Å²) in [6, 6.07) is 0. The molecule has 0 spiro atoms. The molecule has 3 nitrogen and oxygen atoms in total. The normalized spacial score (nSPS) is 9.60. The van der Waals surface area contributed by atoms with Gasteiger partial charge >= 0.3 is 0 Å². The van der Waals surface area contributed by atoms with Gasteiger partial charge < -0.3 is 0 Å². The molecule has 0 bridgehead atoms. The Morgan fingerprint density at radius 1 is 1.20 bits per heavy atom. The number of hydrogen-bond donors (Lipinski definition) is 0. The summed E-state index contributed by atoms with van der Waals surface area (Å²) in [7, 11) is 0. The van der Waals surface area contributed by atoms with E-state index in [2.05, 4.69) is 15.5 Å². The minimum absolute atomic E-state index is 0. The second kappa shape index (κ2) is 4.89. The van der Waals surface area contributed by atoms with Crippen molar-refractivity contribution in [3.05, 3.63) is 0 Å². The fraction of sp³-hybridized carbons (Fsp3) is 0. The summed E-state index contributed by atoms with van der Waals surface area (Å²) in [6.07, 6.45) is 0. The molecule has 0 aliphatic carbocycles. The molecule has 1 heterocycles. The van der Waals surface area contributed by atoms with Crippen LogP contribution in [0.1, 0.15) is 0 Å². The van der Waals surface area contributed by atoms with Crippen molar-refractivity contribution in [3.63, 3.8) is 0 Å². The van der Waals surface area contributed by atoms with Crippen LogP contribution in [-0.4, -0.2) is 25.8 Å². The van der Waals surface area contributed by atoms with Crippen LogP contribution in [0.25, 0.3) is 0 Å². The second-order valence-corrected chi connectivity index (χ2v) is 0.245. The molecule has 0 aromatic heterocycles. The molecule has 5 heavy (non-hydrogen) atoms. The summed E-state index contributed by atoms with van der Waals surface area (Å²) >= 11 is 0. The van der Waals surface area contributed by atoms with Gasteiger partial charge in [-0.05, 0) is 0 Å². The molecule has 3 radical (unpaired) electrons. The molecule has 1 rings (SSSR count). The third-order valence-electron chi connectivity index (χ3n) is 0.0816. The van der Waals surface area contributed by atoms with Gasteiger partial charge in [0.2, 0.25) is 0 Å². The van der Waals surface area contributed by atoms with Crippen molar-refractivity contribution in [2.75, 3.05) is 0 Å². The third-order valence-corrected chi connectivity index (χ3v) is 0.0816. The zero-order valence-electron chi connectivity index (χ0n) is 2.59. The third kappa shape index (κ3) is 11.4. The van der Waals surface area contributed by atoms with Crippen LogP contribution < -0.4 is 0 Å². The molecule has 0 atom stereocenters. The molecule has 0 unspecified atom stereocenters. The van der Waals surface area contributed by atoms with E-state index in [1.807, 2.05) is 0 Å². The average Bonchev–Trinajstić information content (AvgIpc) is 1.46. The Morgan fingerprint density at radius 3 is 1.40 bits per heavy atom. The first-order chi connectivity index (χ1) is 1.50. The van der Waals surface area contributed by atoms with Crippen LogP contribution in [0.4, 0.5) is 0 Å². The SMILES string of the molecule is N1=NO1.[In].[Zn]. The maximum atomic E-state index is 3.75. The fourth-order valence-corrected chi connectivity index (χ4v) is 0. The standard InChI is InChI=1S/In.N2O.Zn/c;1-2-3-1;. The Labute approximate surface area is 60.6 Å². The van der Waals surface area contributed by atoms with Crippen molar-refractivity contribution in [2.24, 2.45) is 10.6 Å². The predicted molar refractivity (Wildman–Crippen MR) is 11.7 cm³/mol. The maximum absolute atomic E-state index is 3.75. The Kier molecular flexibility index (Phi) is 9.11. The van der Waals surface area contributed by atoms with Gasteiger partial charge in [0.25, 0.3) is 0 Å². The Hall–Kier alpha value is 0.894. The summed E-state index contributed by atoms with van der Waals surface area (Å²) in [5.41, 5.74) is 0. The van der Waals surface area contributed by atoms with Crippen LogP contribution in [0.15, 0.2) is 10.6 Å². The Balaban J connectivity index is 0. The summed E-state index contributed by atoms with van der Waals surface area (Å²) in [6.45, 7) is 0. The summed E-state index contributed by atoms with van der Waals surface area (Å²) in [5.74, 6) is 0. The molecule has 0 aromatic carbocycles. The molecule has 0 saturated carbocycles. The van der Waals surface area contributed by atoms with E-state index < -0.39 is 0 Å². The van der Waals surface area contributed by atoms with E-state index in [0.29, 0.717) is 0 Å². The van der Waals surface area contributed by atoms with E-state index in [-0.39, 0.29) is 45.3 Å². The number of hydrogen-bond acceptors (Lipinski definition) is 3. The van der Waals surface area contributed by atoms with Crippen molar-refractivity contribution in [1.82, 2.24) is 0 Å². The van der Waals surface area contributed by atoms with Crippen LogP contribution >= 0.6 is 0 Å². The monoisotopic (exact) mass is 223 g/mol. The molecule has 0 saturated heterocycles. The fourth-order valence-electron chi connectivity index (χ4n) is 0. The second-order valence-electron chi connectivity index (χ2n) is 0.245. The first kappa shape index (κ1) is 9.31. The molecule has 0 N–H and O–H groups in total. The van der Waals surface area contributed by atoms with Gasteiger partial charge in [0.15, 0.2) is 0 Å². The minimum atomic E-state index is 0. The van der Waals surface area contributed by atoms with Crippen molar-refractivity contribution in [3.8, 4) is 0 Å². The van der Waals surface area contributed by atoms with Crippen LogP contribution in [-0.2, 0) is 24.4 Å². The van der Waals surface area contributed by atoms with Crippen LogP contribution in [0.3, 0.4) is 0 Å². The van der Waals surface area contributed by atoms with E-state index in [1.54, 1.807) is 0 Å². The van der Waals surface area contributed by atoms with Crippen molar-refractivity contribution >= 4 is 25.8 Å². The quantitative estimate of drug-likeness (QED) is 0.530. The summed E-state index contributed by atoms with van der Waals surface area (Å²) in [5, 5.41) is 5.75. The van der Waals surface area contributed by atoms with Crippen LogP contribution in [0, 0.1) is 0 Å². The first-order valence-corrected chi connectivity index (χ1v) is 0.565. The van der Waals surface area contributed by atoms with Gasteiger partial charge in [-0.15, -0.1) is 0 Å². The van der Waals surface area contributed by atoms with E-state index in [1.165, 1.54) is 0 Å². The van der Waals surface area contributed by atoms with Gasteiger partial charge in [-0.3, -0.25) is 0 Å². The van der Waals surface area contributed by atoms with Crippen molar-refractivity contribution in [2.45, 2.75) is 0 Å². The molecule has 5 heteroatoms. The van der Waals surface area contributed by atoms with Gasteiger partial charge in [-0.1, -0.05) is 0 Å². The number of rotatable bonds is 0. The van der Waals surface area contributed by atoms with Gasteiger partial charge in [0.05, 0.1) is 10.6 Å². The Bertz CT molecular complexity index is 32.6. The van der Waals surface area contributed by atoms with Crippen molar-refractivity contribution in [1.29, 1.82) is 0 Å². The van der Waals surface area contributed by atoms with Gasteiger partial charge in [-0.2, -0.15) is 4.94 Å². The average molecular weight is 224 g/mol. The largest absolute Gasteiger partial charge is 0.198 e. The zero-order valence-corrected chi connectivity index (χ0v) is 8.85. The predicted octanol–water partition coefficient (Wildman–Crippen LogP) is -0.0845. The summed E-state index contributed by atoms with van der Waals surface area (Å²) in [4.78, 5) is 3.75. The molecule has 0 aromatic rings. The molecule has 1 aliphatic heterocycles. The smallest absolute Gasteiger partial charge is 0.0989 e. The van der Waals surface area contributed by atoms with E-state index in [0.717, 1.165) is 0 Å². The van der Waals surface area contributed by atoms with E-state index in [9.17, 15) is 0 Å². The summed E-state index contributed by atoms with van der Waals surface area (Å²) < 4.78 is 0. The first-order valence-electron chi connectivity index (χ1n) is 0.565. The van der Waals surface area contributed by atoms with E-state index in [4.69, 9.17) is 0 Å². The van der Waals surface area contributed by atoms with E-state index >= 15 is 0 Å². The molecular weight excluding hydrogens is 224 g/mol. The molecule has 1 aliphatic rings. The van der Waals surface area contributed by atoms with Gasteiger partial charge in [0, 0.05) is 45.3 Å².